The lowest BCUT2D eigenvalue weighted by atomic mass is 9.88. The van der Waals surface area contributed by atoms with Gasteiger partial charge in [0.05, 0.1) is 0 Å². The van der Waals surface area contributed by atoms with Crippen molar-refractivity contribution in [3.05, 3.63) is 35.8 Å². The highest BCUT2D eigenvalue weighted by Crippen LogP contribution is 2.30. The van der Waals surface area contributed by atoms with Crippen LogP contribution in [0.1, 0.15) is 37.7 Å². The number of fused-ring (bicyclic) bond motifs is 1. The van der Waals surface area contributed by atoms with Crippen LogP contribution in [0, 0.1) is 5.92 Å². The summed E-state index contributed by atoms with van der Waals surface area (Å²) in [5.41, 5.74) is 2.31. The molecule has 118 valence electrons. The lowest BCUT2D eigenvalue weighted by molar-refractivity contribution is -0.121. The minimum Gasteiger partial charge on any atom is -0.346 e. The van der Waals surface area contributed by atoms with Crippen LogP contribution in [0.15, 0.2) is 35.2 Å². The molecule has 1 amide bonds. The number of amides is 1. The zero-order valence-electron chi connectivity index (χ0n) is 13.2. The summed E-state index contributed by atoms with van der Waals surface area (Å²) < 4.78 is 0. The first kappa shape index (κ1) is 14.2. The molecule has 1 N–H and O–H groups in total. The summed E-state index contributed by atoms with van der Waals surface area (Å²) in [4.78, 5) is 26.4. The minimum absolute atomic E-state index is 0.0104. The van der Waals surface area contributed by atoms with Crippen molar-refractivity contribution in [3.63, 3.8) is 0 Å². The Morgan fingerprint density at radius 3 is 2.96 bits per heavy atom. The van der Waals surface area contributed by atoms with Crippen LogP contribution in [0.5, 0.6) is 0 Å². The van der Waals surface area contributed by atoms with E-state index in [4.69, 9.17) is 0 Å². The fraction of sp³-hybridized carbons (Fsp3) is 0.389. The molecular weight excluding hydrogens is 288 g/mol. The lowest BCUT2D eigenvalue weighted by Crippen LogP contribution is -2.33. The SMILES string of the molecule is CN1C(=O)C(=Cc2c[nH]c3ncccc23)N=C1C1CCCCC1. The number of aromatic nitrogens is 2. The molecule has 1 fully saturated rings. The fourth-order valence-electron chi connectivity index (χ4n) is 3.59. The lowest BCUT2D eigenvalue weighted by Gasteiger charge is -2.24. The van der Waals surface area contributed by atoms with E-state index in [2.05, 4.69) is 15.0 Å². The molecule has 1 aliphatic carbocycles. The van der Waals surface area contributed by atoms with Gasteiger partial charge in [-0.25, -0.2) is 9.98 Å². The summed E-state index contributed by atoms with van der Waals surface area (Å²) in [5, 5.41) is 1.01. The quantitative estimate of drug-likeness (QED) is 0.865. The van der Waals surface area contributed by atoms with E-state index in [1.807, 2.05) is 31.5 Å². The van der Waals surface area contributed by atoms with Crippen molar-refractivity contribution in [1.29, 1.82) is 0 Å². The summed E-state index contributed by atoms with van der Waals surface area (Å²) >= 11 is 0. The van der Waals surface area contributed by atoms with Gasteiger partial charge >= 0.3 is 0 Å². The van der Waals surface area contributed by atoms with Crippen molar-refractivity contribution in [2.75, 3.05) is 7.05 Å². The normalized spacial score (nSPS) is 21.4. The number of aliphatic imine (C=N–C) groups is 1. The van der Waals surface area contributed by atoms with Crippen LogP contribution in [0.4, 0.5) is 0 Å². The van der Waals surface area contributed by atoms with E-state index < -0.39 is 0 Å². The molecule has 4 rings (SSSR count). The van der Waals surface area contributed by atoms with Gasteiger partial charge in [-0.3, -0.25) is 9.69 Å². The van der Waals surface area contributed by atoms with Crippen molar-refractivity contribution in [2.24, 2.45) is 10.9 Å². The topological polar surface area (TPSA) is 61.4 Å². The monoisotopic (exact) mass is 308 g/mol. The van der Waals surface area contributed by atoms with Crippen molar-refractivity contribution in [3.8, 4) is 0 Å². The van der Waals surface area contributed by atoms with E-state index in [1.165, 1.54) is 19.3 Å². The zero-order chi connectivity index (χ0) is 15.8. The third-order valence-corrected chi connectivity index (χ3v) is 4.85. The third kappa shape index (κ3) is 2.46. The van der Waals surface area contributed by atoms with Gasteiger partial charge in [-0.2, -0.15) is 0 Å². The molecule has 0 unspecified atom stereocenters. The smallest absolute Gasteiger partial charge is 0.277 e. The van der Waals surface area contributed by atoms with Crippen LogP contribution >= 0.6 is 0 Å². The Bertz CT molecular complexity index is 811. The number of H-pyrrole nitrogens is 1. The summed E-state index contributed by atoms with van der Waals surface area (Å²) in [6, 6.07) is 3.90. The number of likely N-dealkylation sites (N-methyl/N-ethyl adjacent to an activating group) is 1. The molecule has 23 heavy (non-hydrogen) atoms. The molecule has 0 atom stereocenters. The van der Waals surface area contributed by atoms with Gasteiger partial charge < -0.3 is 4.98 Å². The van der Waals surface area contributed by atoms with E-state index in [-0.39, 0.29) is 5.91 Å². The van der Waals surface area contributed by atoms with Gasteiger partial charge in [0.25, 0.3) is 5.91 Å². The summed E-state index contributed by atoms with van der Waals surface area (Å²) in [6.45, 7) is 0. The number of carbonyl (C=O) groups is 1. The average Bonchev–Trinajstić information content (AvgIpc) is 3.13. The molecule has 0 aromatic carbocycles. The van der Waals surface area contributed by atoms with Crippen LogP contribution in [0.2, 0.25) is 0 Å². The van der Waals surface area contributed by atoms with Crippen molar-refractivity contribution in [2.45, 2.75) is 32.1 Å². The predicted molar refractivity (Wildman–Crippen MR) is 90.9 cm³/mol. The van der Waals surface area contributed by atoms with Crippen LogP contribution in [-0.2, 0) is 4.79 Å². The third-order valence-electron chi connectivity index (χ3n) is 4.85. The number of nitrogens with one attached hydrogen (secondary N) is 1. The number of aromatic amines is 1. The molecule has 0 bridgehead atoms. The summed E-state index contributed by atoms with van der Waals surface area (Å²) in [6.07, 6.45) is 11.6. The number of rotatable bonds is 2. The molecule has 0 spiro atoms. The van der Waals surface area contributed by atoms with Gasteiger partial charge in [0.1, 0.15) is 17.2 Å². The molecular formula is C18H20N4O. The maximum atomic E-state index is 12.5. The number of hydrogen-bond donors (Lipinski definition) is 1. The highest BCUT2D eigenvalue weighted by atomic mass is 16.2. The van der Waals surface area contributed by atoms with E-state index in [9.17, 15) is 4.79 Å². The maximum absolute atomic E-state index is 12.5. The maximum Gasteiger partial charge on any atom is 0.277 e. The fourth-order valence-corrected chi connectivity index (χ4v) is 3.59. The molecule has 3 heterocycles. The van der Waals surface area contributed by atoms with Gasteiger partial charge in [0, 0.05) is 36.3 Å². The molecule has 0 saturated heterocycles. The molecule has 0 radical (unpaired) electrons. The Morgan fingerprint density at radius 2 is 2.13 bits per heavy atom. The number of hydrogen-bond acceptors (Lipinski definition) is 3. The van der Waals surface area contributed by atoms with E-state index in [0.29, 0.717) is 11.6 Å². The molecule has 1 aliphatic heterocycles. The minimum atomic E-state index is -0.0104. The first-order valence-corrected chi connectivity index (χ1v) is 8.24. The molecule has 1 saturated carbocycles. The first-order chi connectivity index (χ1) is 11.2. The first-order valence-electron chi connectivity index (χ1n) is 8.24. The standard InChI is InChI=1S/C18H20N4O/c1-22-17(12-6-3-2-4-7-12)21-15(18(22)23)10-13-11-20-16-14(13)8-5-9-19-16/h5,8-12H,2-4,6-7H2,1H3,(H,19,20). The largest absolute Gasteiger partial charge is 0.346 e. The van der Waals surface area contributed by atoms with Crippen molar-refractivity contribution >= 4 is 28.9 Å². The summed E-state index contributed by atoms with van der Waals surface area (Å²) in [5.74, 6) is 1.36. The molecule has 2 aromatic heterocycles. The number of amidine groups is 1. The second kappa shape index (κ2) is 5.65. The van der Waals surface area contributed by atoms with Crippen molar-refractivity contribution in [1.82, 2.24) is 14.9 Å². The number of nitrogens with zero attached hydrogens (tertiary/aromatic N) is 3. The second-order valence-corrected chi connectivity index (χ2v) is 6.34. The zero-order valence-corrected chi connectivity index (χ0v) is 13.2. The highest BCUT2D eigenvalue weighted by Gasteiger charge is 2.32. The van der Waals surface area contributed by atoms with Gasteiger partial charge in [-0.1, -0.05) is 19.3 Å². The Kier molecular flexibility index (Phi) is 3.48. The predicted octanol–water partition coefficient (Wildman–Crippen LogP) is 3.35. The molecule has 2 aromatic rings. The second-order valence-electron chi connectivity index (χ2n) is 6.34. The van der Waals surface area contributed by atoms with Crippen molar-refractivity contribution < 1.29 is 4.79 Å². The Balaban J connectivity index is 1.70. The average molecular weight is 308 g/mol. The number of pyridine rings is 1. The van der Waals surface area contributed by atoms with Gasteiger partial charge in [-0.05, 0) is 31.1 Å². The molecule has 5 heteroatoms. The van der Waals surface area contributed by atoms with Crippen LogP contribution in [0.3, 0.4) is 0 Å². The van der Waals surface area contributed by atoms with E-state index >= 15 is 0 Å². The van der Waals surface area contributed by atoms with E-state index in [1.54, 1.807) is 11.1 Å². The van der Waals surface area contributed by atoms with Gasteiger partial charge in [-0.15, -0.1) is 0 Å². The summed E-state index contributed by atoms with van der Waals surface area (Å²) in [7, 11) is 1.84. The van der Waals surface area contributed by atoms with E-state index in [0.717, 1.165) is 35.3 Å². The Hall–Kier alpha value is -2.43. The Morgan fingerprint density at radius 1 is 1.30 bits per heavy atom. The van der Waals surface area contributed by atoms with Gasteiger partial charge in [0.2, 0.25) is 0 Å². The highest BCUT2D eigenvalue weighted by molar-refractivity contribution is 6.15. The molecule has 2 aliphatic rings. The van der Waals surface area contributed by atoms with Crippen LogP contribution in [0.25, 0.3) is 17.1 Å². The number of carbonyl (C=O) groups excluding carboxylic acids is 1. The molecule has 5 nitrogen and oxygen atoms in total. The van der Waals surface area contributed by atoms with Crippen LogP contribution in [-0.4, -0.2) is 33.7 Å². The van der Waals surface area contributed by atoms with Crippen LogP contribution < -0.4 is 0 Å². The Labute approximate surface area is 135 Å². The van der Waals surface area contributed by atoms with Gasteiger partial charge in [0.15, 0.2) is 0 Å².